The minimum Gasteiger partial charge on any atom is -0.481 e. The first-order chi connectivity index (χ1) is 14.7. The number of carbonyl (C=O) groups is 1. The molecular weight excluding hydrogens is 398 g/mol. The van der Waals surface area contributed by atoms with E-state index in [9.17, 15) is 9.90 Å². The molecular formula is C23H19N3O3S. The van der Waals surface area contributed by atoms with Crippen molar-refractivity contribution in [1.29, 1.82) is 0 Å². The zero-order valence-electron chi connectivity index (χ0n) is 16.1. The van der Waals surface area contributed by atoms with Crippen LogP contribution in [0.2, 0.25) is 0 Å². The molecule has 0 aliphatic carbocycles. The molecule has 0 radical (unpaired) electrons. The number of benzene rings is 2. The molecule has 1 saturated heterocycles. The Morgan fingerprint density at radius 1 is 1.07 bits per heavy atom. The molecule has 5 rings (SSSR count). The van der Waals surface area contributed by atoms with Crippen molar-refractivity contribution in [2.24, 2.45) is 5.92 Å². The van der Waals surface area contributed by atoms with Crippen LogP contribution in [0.1, 0.15) is 6.42 Å². The number of oxazole rings is 1. The van der Waals surface area contributed by atoms with Gasteiger partial charge in [-0.15, -0.1) is 0 Å². The average Bonchev–Trinajstić information content (AvgIpc) is 3.55. The Morgan fingerprint density at radius 3 is 2.50 bits per heavy atom. The fourth-order valence-corrected chi connectivity index (χ4v) is 4.84. The maximum Gasteiger partial charge on any atom is 0.308 e. The number of rotatable bonds is 5. The van der Waals surface area contributed by atoms with E-state index < -0.39 is 5.97 Å². The largest absolute Gasteiger partial charge is 0.481 e. The molecule has 3 heterocycles. The molecule has 1 aliphatic heterocycles. The number of thiazole rings is 1. The number of carboxylic acid groups (broad SMARTS) is 1. The Kier molecular flexibility index (Phi) is 4.80. The normalized spacial score (nSPS) is 16.1. The monoisotopic (exact) mass is 417 g/mol. The van der Waals surface area contributed by atoms with Crippen molar-refractivity contribution < 1.29 is 14.3 Å². The number of carboxylic acids is 1. The van der Waals surface area contributed by atoms with Gasteiger partial charge in [0.25, 0.3) is 0 Å². The van der Waals surface area contributed by atoms with Crippen LogP contribution in [0.15, 0.2) is 71.6 Å². The standard InChI is InChI=1S/C23H19N3O3S/c27-22(28)18-10-11-26(13-18)23-25-20(21(30-23)17-4-2-1-3-5-17)16-8-6-15(7-9-16)19-12-24-14-29-19/h1-9,12,14,18H,10-11,13H2,(H,27,28). The van der Waals surface area contributed by atoms with Crippen LogP contribution in [0.4, 0.5) is 5.13 Å². The van der Waals surface area contributed by atoms with Gasteiger partial charge in [-0.25, -0.2) is 9.97 Å². The number of aliphatic carboxylic acids is 1. The van der Waals surface area contributed by atoms with Crippen molar-refractivity contribution in [2.75, 3.05) is 18.0 Å². The first-order valence-electron chi connectivity index (χ1n) is 9.72. The summed E-state index contributed by atoms with van der Waals surface area (Å²) in [7, 11) is 0. The lowest BCUT2D eigenvalue weighted by Gasteiger charge is -2.13. The van der Waals surface area contributed by atoms with E-state index in [4.69, 9.17) is 9.40 Å². The highest BCUT2D eigenvalue weighted by Crippen LogP contribution is 2.41. The van der Waals surface area contributed by atoms with Crippen LogP contribution in [-0.2, 0) is 4.79 Å². The second-order valence-electron chi connectivity index (χ2n) is 7.25. The maximum absolute atomic E-state index is 11.4. The Morgan fingerprint density at radius 2 is 1.83 bits per heavy atom. The van der Waals surface area contributed by atoms with Gasteiger partial charge >= 0.3 is 5.97 Å². The number of hydrogen-bond donors (Lipinski definition) is 1. The minimum atomic E-state index is -0.736. The fourth-order valence-electron chi connectivity index (χ4n) is 3.71. The summed E-state index contributed by atoms with van der Waals surface area (Å²) in [5, 5.41) is 10.2. The van der Waals surface area contributed by atoms with E-state index in [0.717, 1.165) is 38.2 Å². The molecule has 30 heavy (non-hydrogen) atoms. The Balaban J connectivity index is 1.53. The molecule has 1 aliphatic rings. The van der Waals surface area contributed by atoms with Crippen molar-refractivity contribution in [1.82, 2.24) is 9.97 Å². The topological polar surface area (TPSA) is 79.5 Å². The second kappa shape index (κ2) is 7.76. The molecule has 0 bridgehead atoms. The van der Waals surface area contributed by atoms with Gasteiger partial charge in [-0.05, 0) is 12.0 Å². The van der Waals surface area contributed by atoms with E-state index >= 15 is 0 Å². The summed E-state index contributed by atoms with van der Waals surface area (Å²) < 4.78 is 5.38. The predicted molar refractivity (Wildman–Crippen MR) is 116 cm³/mol. The highest BCUT2D eigenvalue weighted by Gasteiger charge is 2.30. The smallest absolute Gasteiger partial charge is 0.308 e. The van der Waals surface area contributed by atoms with E-state index in [1.165, 1.54) is 6.39 Å². The van der Waals surface area contributed by atoms with Crippen LogP contribution >= 0.6 is 11.3 Å². The number of nitrogens with zero attached hydrogens (tertiary/aromatic N) is 3. The van der Waals surface area contributed by atoms with Crippen LogP contribution in [0.3, 0.4) is 0 Å². The van der Waals surface area contributed by atoms with E-state index in [1.807, 2.05) is 42.5 Å². The summed E-state index contributed by atoms with van der Waals surface area (Å²) in [6.45, 7) is 1.21. The van der Waals surface area contributed by atoms with Crippen LogP contribution in [-0.4, -0.2) is 34.1 Å². The highest BCUT2D eigenvalue weighted by atomic mass is 32.1. The lowest BCUT2D eigenvalue weighted by atomic mass is 10.0. The zero-order chi connectivity index (χ0) is 20.5. The SMILES string of the molecule is O=C(O)C1CCN(c2nc(-c3ccc(-c4cnco4)cc3)c(-c3ccccc3)s2)C1. The third-order valence-corrected chi connectivity index (χ3v) is 6.50. The van der Waals surface area contributed by atoms with Crippen molar-refractivity contribution in [3.63, 3.8) is 0 Å². The molecule has 1 N–H and O–H groups in total. The summed E-state index contributed by atoms with van der Waals surface area (Å²) >= 11 is 1.61. The first kappa shape index (κ1) is 18.6. The van der Waals surface area contributed by atoms with Crippen LogP contribution in [0.25, 0.3) is 33.0 Å². The Labute approximate surface area is 177 Å². The summed E-state index contributed by atoms with van der Waals surface area (Å²) in [5.74, 6) is -0.347. The molecule has 0 amide bonds. The van der Waals surface area contributed by atoms with Crippen molar-refractivity contribution >= 4 is 22.4 Å². The summed E-state index contributed by atoms with van der Waals surface area (Å²) in [6, 6.07) is 18.3. The molecule has 7 heteroatoms. The van der Waals surface area contributed by atoms with Crippen LogP contribution in [0.5, 0.6) is 0 Å². The van der Waals surface area contributed by atoms with E-state index in [2.05, 4.69) is 22.0 Å². The predicted octanol–water partition coefficient (Wildman–Crippen LogP) is 5.04. The molecule has 6 nitrogen and oxygen atoms in total. The third-order valence-electron chi connectivity index (χ3n) is 5.34. The zero-order valence-corrected chi connectivity index (χ0v) is 16.9. The van der Waals surface area contributed by atoms with Gasteiger partial charge in [0.05, 0.1) is 22.7 Å². The molecule has 150 valence electrons. The molecule has 0 saturated carbocycles. The van der Waals surface area contributed by atoms with Gasteiger partial charge in [-0.3, -0.25) is 4.79 Å². The molecule has 1 unspecified atom stereocenters. The molecule has 1 fully saturated rings. The summed E-state index contributed by atoms with van der Waals surface area (Å²) in [5.41, 5.74) is 3.97. The van der Waals surface area contributed by atoms with Crippen molar-refractivity contribution in [2.45, 2.75) is 6.42 Å². The number of aromatic nitrogens is 2. The lowest BCUT2D eigenvalue weighted by Crippen LogP contribution is -2.22. The van der Waals surface area contributed by atoms with Crippen molar-refractivity contribution in [3.8, 4) is 33.0 Å². The average molecular weight is 417 g/mol. The number of anilines is 1. The Hall–Kier alpha value is -3.45. The fraction of sp³-hybridized carbons (Fsp3) is 0.174. The summed E-state index contributed by atoms with van der Waals surface area (Å²) in [4.78, 5) is 23.4. The first-order valence-corrected chi connectivity index (χ1v) is 10.5. The van der Waals surface area contributed by atoms with Gasteiger partial charge in [0.2, 0.25) is 0 Å². The van der Waals surface area contributed by atoms with Crippen LogP contribution in [0, 0.1) is 5.92 Å². The van der Waals surface area contributed by atoms with Gasteiger partial charge in [-0.1, -0.05) is 65.9 Å². The second-order valence-corrected chi connectivity index (χ2v) is 8.23. The molecule has 2 aromatic heterocycles. The number of hydrogen-bond acceptors (Lipinski definition) is 6. The van der Waals surface area contributed by atoms with E-state index in [1.54, 1.807) is 17.5 Å². The highest BCUT2D eigenvalue weighted by molar-refractivity contribution is 7.19. The van der Waals surface area contributed by atoms with Gasteiger partial charge in [0.1, 0.15) is 0 Å². The quantitative estimate of drug-likeness (QED) is 0.490. The van der Waals surface area contributed by atoms with Crippen LogP contribution < -0.4 is 4.90 Å². The Bertz CT molecular complexity index is 1150. The van der Waals surface area contributed by atoms with Gasteiger partial charge in [0, 0.05) is 24.2 Å². The van der Waals surface area contributed by atoms with Gasteiger partial charge < -0.3 is 14.4 Å². The minimum absolute atomic E-state index is 0.335. The summed E-state index contributed by atoms with van der Waals surface area (Å²) in [6.07, 6.45) is 3.76. The molecule has 2 aromatic carbocycles. The van der Waals surface area contributed by atoms with E-state index in [-0.39, 0.29) is 5.92 Å². The maximum atomic E-state index is 11.4. The van der Waals surface area contributed by atoms with Crippen molar-refractivity contribution in [3.05, 3.63) is 67.2 Å². The molecule has 4 aromatic rings. The van der Waals surface area contributed by atoms with Gasteiger partial charge in [-0.2, -0.15) is 0 Å². The lowest BCUT2D eigenvalue weighted by molar-refractivity contribution is -0.140. The molecule has 0 spiro atoms. The molecule has 1 atom stereocenters. The van der Waals surface area contributed by atoms with E-state index in [0.29, 0.717) is 19.5 Å². The third kappa shape index (κ3) is 3.48. The van der Waals surface area contributed by atoms with Gasteiger partial charge in [0.15, 0.2) is 17.3 Å².